The molecule has 2 aromatic carbocycles. The van der Waals surface area contributed by atoms with E-state index in [0.29, 0.717) is 44.1 Å². The largest absolute Gasteiger partial charge is 0.484 e. The lowest BCUT2D eigenvalue weighted by atomic mass is 10.2. The van der Waals surface area contributed by atoms with E-state index in [2.05, 4.69) is 20.5 Å². The summed E-state index contributed by atoms with van der Waals surface area (Å²) in [6.45, 7) is 2.60. The molecule has 4 aromatic rings. The van der Waals surface area contributed by atoms with E-state index in [1.807, 2.05) is 16.9 Å². The molecular formula is C22H17Cl3FN5O2S2. The number of aromatic nitrogens is 4. The zero-order valence-electron chi connectivity index (χ0n) is 18.1. The van der Waals surface area contributed by atoms with Gasteiger partial charge in [-0.25, -0.2) is 9.37 Å². The van der Waals surface area contributed by atoms with Gasteiger partial charge in [-0.1, -0.05) is 46.6 Å². The van der Waals surface area contributed by atoms with Gasteiger partial charge in [0.25, 0.3) is 0 Å². The molecule has 0 aliphatic heterocycles. The molecule has 0 spiro atoms. The summed E-state index contributed by atoms with van der Waals surface area (Å²) in [7, 11) is 0. The molecule has 0 atom stereocenters. The fourth-order valence-electron chi connectivity index (χ4n) is 3.02. The molecule has 4 rings (SSSR count). The van der Waals surface area contributed by atoms with Gasteiger partial charge in [0.05, 0.1) is 21.5 Å². The second-order valence-electron chi connectivity index (χ2n) is 7.01. The number of thioether (sulfide) groups is 1. The Hall–Kier alpha value is -2.37. The van der Waals surface area contributed by atoms with Gasteiger partial charge in [0.15, 0.2) is 16.1 Å². The summed E-state index contributed by atoms with van der Waals surface area (Å²) in [5.41, 5.74) is 1.38. The summed E-state index contributed by atoms with van der Waals surface area (Å²) < 4.78 is 20.7. The lowest BCUT2D eigenvalue weighted by Crippen LogP contribution is -2.14. The smallest absolute Gasteiger partial charge is 0.236 e. The van der Waals surface area contributed by atoms with E-state index >= 15 is 0 Å². The Bertz CT molecular complexity index is 1360. The van der Waals surface area contributed by atoms with Crippen LogP contribution < -0.4 is 10.1 Å². The van der Waals surface area contributed by atoms with Crippen LogP contribution >= 0.6 is 57.9 Å². The van der Waals surface area contributed by atoms with Crippen LogP contribution in [0.25, 0.3) is 11.3 Å². The minimum absolute atomic E-state index is 0.0914. The highest BCUT2D eigenvalue weighted by Crippen LogP contribution is 2.32. The van der Waals surface area contributed by atoms with Gasteiger partial charge >= 0.3 is 0 Å². The van der Waals surface area contributed by atoms with Gasteiger partial charge < -0.3 is 14.6 Å². The summed E-state index contributed by atoms with van der Waals surface area (Å²) in [5, 5.41) is 15.1. The number of amides is 1. The molecule has 13 heteroatoms. The van der Waals surface area contributed by atoms with Crippen molar-refractivity contribution >= 4 is 68.9 Å². The number of hydrogen-bond acceptors (Lipinski definition) is 7. The van der Waals surface area contributed by atoms with E-state index in [1.165, 1.54) is 41.3 Å². The number of nitrogens with one attached hydrogen (secondary N) is 1. The lowest BCUT2D eigenvalue weighted by molar-refractivity contribution is -0.113. The molecule has 0 bridgehead atoms. The Morgan fingerprint density at radius 3 is 2.74 bits per heavy atom. The number of carbonyl (C=O) groups excluding carboxylic acids is 1. The predicted molar refractivity (Wildman–Crippen MR) is 138 cm³/mol. The number of halogens is 4. The Morgan fingerprint density at radius 2 is 2.00 bits per heavy atom. The Balaban J connectivity index is 1.34. The molecule has 0 saturated carbocycles. The van der Waals surface area contributed by atoms with Gasteiger partial charge in [0.2, 0.25) is 5.91 Å². The average molecular weight is 573 g/mol. The highest BCUT2D eigenvalue weighted by molar-refractivity contribution is 7.99. The molecule has 1 N–H and O–H groups in total. The maximum atomic E-state index is 13.2. The molecule has 182 valence electrons. The van der Waals surface area contributed by atoms with E-state index in [-0.39, 0.29) is 23.3 Å². The number of rotatable bonds is 9. The molecule has 0 saturated heterocycles. The fraction of sp³-hybridized carbons (Fsp3) is 0.182. The molecule has 0 radical (unpaired) electrons. The summed E-state index contributed by atoms with van der Waals surface area (Å²) in [4.78, 5) is 16.9. The van der Waals surface area contributed by atoms with Gasteiger partial charge in [-0.05, 0) is 43.3 Å². The van der Waals surface area contributed by atoms with E-state index in [9.17, 15) is 9.18 Å². The Labute approximate surface area is 223 Å². The van der Waals surface area contributed by atoms with Gasteiger partial charge in [-0.2, -0.15) is 0 Å². The zero-order valence-corrected chi connectivity index (χ0v) is 22.0. The molecule has 2 aromatic heterocycles. The quantitative estimate of drug-likeness (QED) is 0.221. The number of benzene rings is 2. The van der Waals surface area contributed by atoms with Crippen molar-refractivity contribution in [2.75, 3.05) is 11.1 Å². The zero-order chi connectivity index (χ0) is 24.9. The maximum absolute atomic E-state index is 13.2. The van der Waals surface area contributed by atoms with Crippen LogP contribution in [0, 0.1) is 5.82 Å². The maximum Gasteiger partial charge on any atom is 0.236 e. The molecular weight excluding hydrogens is 556 g/mol. The van der Waals surface area contributed by atoms with Crippen molar-refractivity contribution in [2.24, 2.45) is 0 Å². The van der Waals surface area contributed by atoms with E-state index in [4.69, 9.17) is 39.5 Å². The van der Waals surface area contributed by atoms with Crippen LogP contribution in [0.3, 0.4) is 0 Å². The second kappa shape index (κ2) is 11.6. The van der Waals surface area contributed by atoms with Crippen LogP contribution in [0.15, 0.2) is 46.9 Å². The van der Waals surface area contributed by atoms with Crippen LogP contribution in [-0.2, 0) is 17.9 Å². The summed E-state index contributed by atoms with van der Waals surface area (Å²) in [6.07, 6.45) is 0. The highest BCUT2D eigenvalue weighted by atomic mass is 35.5. The Morgan fingerprint density at radius 1 is 1.17 bits per heavy atom. The number of carbonyl (C=O) groups is 1. The van der Waals surface area contributed by atoms with E-state index < -0.39 is 5.82 Å². The van der Waals surface area contributed by atoms with Crippen molar-refractivity contribution in [2.45, 2.75) is 25.2 Å². The topological polar surface area (TPSA) is 81.9 Å². The van der Waals surface area contributed by atoms with Crippen molar-refractivity contribution in [1.82, 2.24) is 19.7 Å². The van der Waals surface area contributed by atoms with Crippen LogP contribution in [-0.4, -0.2) is 31.4 Å². The third kappa shape index (κ3) is 6.45. The first-order chi connectivity index (χ1) is 16.8. The first-order valence-corrected chi connectivity index (χ1v) is 13.2. The van der Waals surface area contributed by atoms with Crippen molar-refractivity contribution in [3.8, 4) is 17.0 Å². The average Bonchev–Trinajstić information content (AvgIpc) is 3.43. The Kier molecular flexibility index (Phi) is 8.51. The van der Waals surface area contributed by atoms with E-state index in [1.54, 1.807) is 18.2 Å². The van der Waals surface area contributed by atoms with Gasteiger partial charge in [0, 0.05) is 22.5 Å². The van der Waals surface area contributed by atoms with Crippen LogP contribution in [0.2, 0.25) is 15.1 Å². The SMILES string of the molecule is CCn1c(COc2ccc(F)cc2Cl)nnc1SCC(=O)Nc1nc(-c2ccc(Cl)cc2Cl)cs1. The minimum atomic E-state index is -0.446. The fourth-order valence-corrected chi connectivity index (χ4v) is 5.30. The standard InChI is InChI=1S/C22H17Cl3FN5O2S2/c1-2-31-19(9-33-18-6-4-13(26)8-16(18)25)29-30-22(31)35-11-20(32)28-21-27-17(10-34-21)14-5-3-12(23)7-15(14)24/h3-8,10H,2,9,11H2,1H3,(H,27,28,32). The monoisotopic (exact) mass is 571 g/mol. The summed E-state index contributed by atoms with van der Waals surface area (Å²) in [5.74, 6) is 0.327. The molecule has 35 heavy (non-hydrogen) atoms. The highest BCUT2D eigenvalue weighted by Gasteiger charge is 2.16. The van der Waals surface area contributed by atoms with Crippen molar-refractivity contribution in [1.29, 1.82) is 0 Å². The molecule has 0 fully saturated rings. The van der Waals surface area contributed by atoms with E-state index in [0.717, 1.165) is 5.56 Å². The molecule has 0 aliphatic rings. The summed E-state index contributed by atoms with van der Waals surface area (Å²) in [6, 6.07) is 9.05. The number of thiazole rings is 1. The number of anilines is 1. The third-order valence-corrected chi connectivity index (χ3v) is 7.22. The molecule has 0 aliphatic carbocycles. The molecule has 1 amide bonds. The van der Waals surface area contributed by atoms with Crippen LogP contribution in [0.5, 0.6) is 5.75 Å². The number of nitrogens with zero attached hydrogens (tertiary/aromatic N) is 4. The van der Waals surface area contributed by atoms with Gasteiger partial charge in [0.1, 0.15) is 18.2 Å². The van der Waals surface area contributed by atoms with Crippen LogP contribution in [0.4, 0.5) is 9.52 Å². The van der Waals surface area contributed by atoms with Crippen molar-refractivity contribution < 1.29 is 13.9 Å². The number of hydrogen-bond donors (Lipinski definition) is 1. The number of ether oxygens (including phenoxy) is 1. The lowest BCUT2D eigenvalue weighted by Gasteiger charge is -2.10. The minimum Gasteiger partial charge on any atom is -0.484 e. The third-order valence-electron chi connectivity index (χ3n) is 4.65. The normalized spacial score (nSPS) is 11.0. The van der Waals surface area contributed by atoms with Gasteiger partial charge in [-0.3, -0.25) is 4.79 Å². The first-order valence-electron chi connectivity index (χ1n) is 10.2. The molecule has 7 nitrogen and oxygen atoms in total. The summed E-state index contributed by atoms with van der Waals surface area (Å²) >= 11 is 20.7. The van der Waals surface area contributed by atoms with Crippen molar-refractivity contribution in [3.05, 3.63) is 68.5 Å². The predicted octanol–water partition coefficient (Wildman–Crippen LogP) is 6.83. The van der Waals surface area contributed by atoms with Crippen LogP contribution in [0.1, 0.15) is 12.7 Å². The molecule has 2 heterocycles. The van der Waals surface area contributed by atoms with Gasteiger partial charge in [-0.15, -0.1) is 21.5 Å². The second-order valence-corrected chi connectivity index (χ2v) is 10.1. The van der Waals surface area contributed by atoms with Crippen molar-refractivity contribution in [3.63, 3.8) is 0 Å². The first kappa shape index (κ1) is 25.7. The molecule has 0 unspecified atom stereocenters.